The van der Waals surface area contributed by atoms with Crippen molar-refractivity contribution in [1.29, 1.82) is 0 Å². The Bertz CT molecular complexity index is 114. The Morgan fingerprint density at radius 1 is 0.929 bits per heavy atom. The minimum Gasteiger partial charge on any atom is -0.328 e. The fourth-order valence-electron chi connectivity index (χ4n) is 1.39. The first-order valence-corrected chi connectivity index (χ1v) is 7.07. The molecule has 14 heavy (non-hydrogen) atoms. The standard InChI is InChI=1S/C10H24O3Si/c1-4-11-10(12-5-2,13-6-3)8-7-9-14/h4-9H2,1-3,14H3. The molecule has 0 saturated carbocycles. The molecule has 0 spiro atoms. The average Bonchev–Trinajstić information content (AvgIpc) is 2.16. The van der Waals surface area contributed by atoms with Crippen LogP contribution in [0.5, 0.6) is 0 Å². The van der Waals surface area contributed by atoms with Gasteiger partial charge >= 0.3 is 0 Å². The van der Waals surface area contributed by atoms with Crippen LogP contribution in [0.4, 0.5) is 0 Å². The highest BCUT2D eigenvalue weighted by Crippen LogP contribution is 2.22. The minimum atomic E-state index is -0.775. The van der Waals surface area contributed by atoms with Gasteiger partial charge in [0.15, 0.2) is 0 Å². The van der Waals surface area contributed by atoms with Gasteiger partial charge in [-0.3, -0.25) is 0 Å². The second-order valence-electron chi connectivity index (χ2n) is 3.09. The molecule has 0 radical (unpaired) electrons. The minimum absolute atomic E-state index is 0.626. The Balaban J connectivity index is 4.21. The van der Waals surface area contributed by atoms with Gasteiger partial charge in [-0.25, -0.2) is 0 Å². The van der Waals surface area contributed by atoms with E-state index in [0.717, 1.165) is 12.8 Å². The first-order valence-electron chi connectivity index (χ1n) is 5.66. The highest BCUT2D eigenvalue weighted by atomic mass is 28.1. The Morgan fingerprint density at radius 2 is 1.36 bits per heavy atom. The molecule has 0 amide bonds. The smallest absolute Gasteiger partial charge is 0.282 e. The Labute approximate surface area is 90.5 Å². The molecule has 0 aromatic carbocycles. The molecule has 0 fully saturated rings. The quantitative estimate of drug-likeness (QED) is 0.433. The molecule has 0 N–H and O–H groups in total. The second kappa shape index (κ2) is 8.41. The van der Waals surface area contributed by atoms with Crippen LogP contribution in [0.15, 0.2) is 0 Å². The normalized spacial score (nSPS) is 12.2. The third kappa shape index (κ3) is 5.10. The molecule has 0 heterocycles. The topological polar surface area (TPSA) is 27.7 Å². The van der Waals surface area contributed by atoms with Gasteiger partial charge in [-0.05, 0) is 27.2 Å². The van der Waals surface area contributed by atoms with E-state index in [-0.39, 0.29) is 0 Å². The van der Waals surface area contributed by atoms with Crippen molar-refractivity contribution in [3.8, 4) is 0 Å². The third-order valence-corrected chi connectivity index (χ3v) is 2.64. The molecule has 0 unspecified atom stereocenters. The Morgan fingerprint density at radius 3 is 1.64 bits per heavy atom. The molecule has 86 valence electrons. The van der Waals surface area contributed by atoms with Crippen LogP contribution in [0.2, 0.25) is 6.04 Å². The lowest BCUT2D eigenvalue weighted by molar-refractivity contribution is -0.379. The molecule has 0 aliphatic rings. The van der Waals surface area contributed by atoms with E-state index in [2.05, 4.69) is 0 Å². The molecule has 0 aliphatic heterocycles. The van der Waals surface area contributed by atoms with Crippen molar-refractivity contribution in [3.63, 3.8) is 0 Å². The van der Waals surface area contributed by atoms with Crippen LogP contribution >= 0.6 is 0 Å². The summed E-state index contributed by atoms with van der Waals surface area (Å²) < 4.78 is 16.8. The predicted molar refractivity (Wildman–Crippen MR) is 61.6 cm³/mol. The predicted octanol–water partition coefficient (Wildman–Crippen LogP) is 1.31. The van der Waals surface area contributed by atoms with Gasteiger partial charge in [-0.1, -0.05) is 6.04 Å². The van der Waals surface area contributed by atoms with Crippen molar-refractivity contribution in [2.45, 2.75) is 45.6 Å². The number of ether oxygens (including phenoxy) is 3. The highest BCUT2D eigenvalue weighted by molar-refractivity contribution is 6.08. The molecule has 0 bridgehead atoms. The zero-order valence-electron chi connectivity index (χ0n) is 9.97. The van der Waals surface area contributed by atoms with E-state index in [9.17, 15) is 0 Å². The summed E-state index contributed by atoms with van der Waals surface area (Å²) in [6, 6.07) is 1.26. The fourth-order valence-corrected chi connectivity index (χ4v) is 1.75. The van der Waals surface area contributed by atoms with Gasteiger partial charge in [-0.15, -0.1) is 0 Å². The molecular weight excluding hydrogens is 196 g/mol. The van der Waals surface area contributed by atoms with Gasteiger partial charge in [0.05, 0.1) is 0 Å². The van der Waals surface area contributed by atoms with Gasteiger partial charge < -0.3 is 14.2 Å². The summed E-state index contributed by atoms with van der Waals surface area (Å²) in [5.41, 5.74) is 0. The zero-order chi connectivity index (χ0) is 10.9. The number of rotatable bonds is 9. The molecule has 0 aromatic rings. The van der Waals surface area contributed by atoms with Gasteiger partial charge in [0.1, 0.15) is 0 Å². The molecule has 3 nitrogen and oxygen atoms in total. The largest absolute Gasteiger partial charge is 0.328 e. The van der Waals surface area contributed by atoms with E-state index in [1.807, 2.05) is 20.8 Å². The van der Waals surface area contributed by atoms with Gasteiger partial charge in [0.25, 0.3) is 5.97 Å². The molecule has 0 atom stereocenters. The SMILES string of the molecule is CCOC(CCC[SiH3])(OCC)OCC. The molecule has 4 heteroatoms. The van der Waals surface area contributed by atoms with Crippen LogP contribution in [0.25, 0.3) is 0 Å². The van der Waals surface area contributed by atoms with E-state index in [4.69, 9.17) is 14.2 Å². The van der Waals surface area contributed by atoms with Crippen LogP contribution in [0, 0.1) is 0 Å². The number of hydrogen-bond donors (Lipinski definition) is 0. The maximum atomic E-state index is 5.58. The lowest BCUT2D eigenvalue weighted by Gasteiger charge is -2.32. The van der Waals surface area contributed by atoms with E-state index in [1.165, 1.54) is 16.3 Å². The van der Waals surface area contributed by atoms with E-state index in [1.54, 1.807) is 0 Å². The maximum Gasteiger partial charge on any atom is 0.282 e. The first kappa shape index (κ1) is 14.1. The van der Waals surface area contributed by atoms with Gasteiger partial charge in [-0.2, -0.15) is 0 Å². The van der Waals surface area contributed by atoms with Crippen molar-refractivity contribution < 1.29 is 14.2 Å². The summed E-state index contributed by atoms with van der Waals surface area (Å²) in [4.78, 5) is 0. The van der Waals surface area contributed by atoms with E-state index < -0.39 is 5.97 Å². The maximum absolute atomic E-state index is 5.58. The first-order chi connectivity index (χ1) is 6.74. The Kier molecular flexibility index (Phi) is 8.47. The summed E-state index contributed by atoms with van der Waals surface area (Å²) in [5.74, 6) is -0.775. The van der Waals surface area contributed by atoms with Crippen molar-refractivity contribution in [2.24, 2.45) is 0 Å². The highest BCUT2D eigenvalue weighted by Gasteiger charge is 2.31. The van der Waals surface area contributed by atoms with Crippen LogP contribution in [-0.4, -0.2) is 36.0 Å². The average molecular weight is 220 g/mol. The summed E-state index contributed by atoms with van der Waals surface area (Å²) in [5, 5.41) is 0. The molecule has 0 rings (SSSR count). The van der Waals surface area contributed by atoms with Crippen LogP contribution in [-0.2, 0) is 14.2 Å². The van der Waals surface area contributed by atoms with E-state index in [0.29, 0.717) is 19.8 Å². The fraction of sp³-hybridized carbons (Fsp3) is 1.00. The molecular formula is C10H24O3Si. The van der Waals surface area contributed by atoms with Crippen LogP contribution in [0.3, 0.4) is 0 Å². The lowest BCUT2D eigenvalue weighted by atomic mass is 10.3. The van der Waals surface area contributed by atoms with Crippen molar-refractivity contribution in [3.05, 3.63) is 0 Å². The van der Waals surface area contributed by atoms with Gasteiger partial charge in [0.2, 0.25) is 0 Å². The van der Waals surface area contributed by atoms with E-state index >= 15 is 0 Å². The van der Waals surface area contributed by atoms with Crippen molar-refractivity contribution >= 4 is 10.2 Å². The zero-order valence-corrected chi connectivity index (χ0v) is 12.0. The molecule has 0 aliphatic carbocycles. The summed E-state index contributed by atoms with van der Waals surface area (Å²) in [6.45, 7) is 7.78. The second-order valence-corrected chi connectivity index (χ2v) is 4.09. The number of hydrogen-bond acceptors (Lipinski definition) is 3. The Hall–Kier alpha value is 0.0969. The monoisotopic (exact) mass is 220 g/mol. The van der Waals surface area contributed by atoms with Crippen LogP contribution < -0.4 is 0 Å². The van der Waals surface area contributed by atoms with Crippen LogP contribution in [0.1, 0.15) is 33.6 Å². The van der Waals surface area contributed by atoms with Gasteiger partial charge in [0, 0.05) is 36.5 Å². The lowest BCUT2D eigenvalue weighted by Crippen LogP contribution is -2.39. The molecule has 0 saturated heterocycles. The van der Waals surface area contributed by atoms with Crippen molar-refractivity contribution in [1.82, 2.24) is 0 Å². The molecule has 0 aromatic heterocycles. The summed E-state index contributed by atoms with van der Waals surface area (Å²) in [7, 11) is 1.23. The third-order valence-electron chi connectivity index (χ3n) is 1.93. The summed E-state index contributed by atoms with van der Waals surface area (Å²) in [6.07, 6.45) is 1.96. The summed E-state index contributed by atoms with van der Waals surface area (Å²) >= 11 is 0. The van der Waals surface area contributed by atoms with Crippen molar-refractivity contribution in [2.75, 3.05) is 19.8 Å².